The first kappa shape index (κ1) is 16.5. The molecular weight excluding hydrogens is 260 g/mol. The van der Waals surface area contributed by atoms with Crippen molar-refractivity contribution in [2.45, 2.75) is 79.2 Å². The second-order valence-corrected chi connectivity index (χ2v) is 7.18. The summed E-state index contributed by atoms with van der Waals surface area (Å²) in [6.45, 7) is 11.1. The van der Waals surface area contributed by atoms with Gasteiger partial charge in [0, 0.05) is 0 Å². The van der Waals surface area contributed by atoms with E-state index in [0.29, 0.717) is 12.8 Å². The van der Waals surface area contributed by atoms with Crippen LogP contribution in [0.3, 0.4) is 0 Å². The number of imidazole rings is 1. The summed E-state index contributed by atoms with van der Waals surface area (Å²) < 4.78 is 10.7. The Morgan fingerprint density at radius 3 is 2.86 bits per heavy atom. The van der Waals surface area contributed by atoms with Gasteiger partial charge in [-0.1, -0.05) is 40.5 Å². The monoisotopic (exact) mass is 293 g/mol. The number of ether oxygens (including phenoxy) is 1. The van der Waals surface area contributed by atoms with E-state index in [4.69, 9.17) is 4.74 Å². The minimum Gasteiger partial charge on any atom is -0.338 e. The zero-order valence-electron chi connectivity index (χ0n) is 14.3. The summed E-state index contributed by atoms with van der Waals surface area (Å²) in [6.07, 6.45) is 13.3. The molecule has 0 unspecified atom stereocenters. The summed E-state index contributed by atoms with van der Waals surface area (Å²) in [5.41, 5.74) is 0. The topological polar surface area (TPSA) is 18.0 Å². The zero-order valence-corrected chi connectivity index (χ0v) is 14.3. The van der Waals surface area contributed by atoms with Gasteiger partial charge in [0.15, 0.2) is 6.73 Å². The lowest BCUT2D eigenvalue weighted by Gasteiger charge is -2.36. The van der Waals surface area contributed by atoms with E-state index in [9.17, 15) is 0 Å². The quantitative estimate of drug-likeness (QED) is 0.695. The van der Waals surface area contributed by atoms with Crippen molar-refractivity contribution in [3.05, 3.63) is 18.7 Å². The normalized spacial score (nSPS) is 26.4. The Labute approximate surface area is 130 Å². The molecule has 1 aliphatic carbocycles. The van der Waals surface area contributed by atoms with Crippen LogP contribution in [-0.2, 0) is 18.0 Å². The molecule has 3 heteroatoms. The maximum absolute atomic E-state index is 6.28. The number of hydrogen-bond acceptors (Lipinski definition) is 1. The highest BCUT2D eigenvalue weighted by atomic mass is 16.5. The number of aromatic nitrogens is 2. The highest BCUT2D eigenvalue weighted by Gasteiger charge is 2.31. The summed E-state index contributed by atoms with van der Waals surface area (Å²) in [4.78, 5) is 0. The summed E-state index contributed by atoms with van der Waals surface area (Å²) in [7, 11) is 0. The van der Waals surface area contributed by atoms with Crippen LogP contribution in [0.15, 0.2) is 18.7 Å². The molecular formula is C18H33N2O+. The van der Waals surface area contributed by atoms with E-state index in [0.717, 1.165) is 24.3 Å². The number of aryl methyl sites for hydroxylation is 1. The van der Waals surface area contributed by atoms with E-state index < -0.39 is 0 Å². The molecule has 1 saturated carbocycles. The number of nitrogens with zero attached hydrogens (tertiary/aromatic N) is 2. The molecule has 0 amide bonds. The maximum Gasteiger partial charge on any atom is 0.245 e. The molecule has 0 saturated heterocycles. The second-order valence-electron chi connectivity index (χ2n) is 7.18. The highest BCUT2D eigenvalue weighted by Crippen LogP contribution is 2.35. The van der Waals surface area contributed by atoms with E-state index in [2.05, 4.69) is 55.6 Å². The van der Waals surface area contributed by atoms with Crippen molar-refractivity contribution >= 4 is 0 Å². The average molecular weight is 293 g/mol. The fourth-order valence-corrected chi connectivity index (χ4v) is 3.48. The molecule has 120 valence electrons. The Kier molecular flexibility index (Phi) is 6.28. The van der Waals surface area contributed by atoms with Crippen LogP contribution in [0.1, 0.15) is 59.8 Å². The lowest BCUT2D eigenvalue weighted by molar-refractivity contribution is -0.735. The van der Waals surface area contributed by atoms with Crippen molar-refractivity contribution in [2.75, 3.05) is 0 Å². The van der Waals surface area contributed by atoms with Crippen molar-refractivity contribution in [3.63, 3.8) is 0 Å². The summed E-state index contributed by atoms with van der Waals surface area (Å²) in [5, 5.41) is 0. The van der Waals surface area contributed by atoms with Crippen LogP contribution >= 0.6 is 0 Å². The van der Waals surface area contributed by atoms with Crippen LogP contribution in [-0.4, -0.2) is 10.7 Å². The van der Waals surface area contributed by atoms with Crippen molar-refractivity contribution in [2.24, 2.45) is 17.8 Å². The second kappa shape index (κ2) is 7.98. The van der Waals surface area contributed by atoms with Crippen LogP contribution < -0.4 is 4.57 Å². The first-order valence-corrected chi connectivity index (χ1v) is 8.76. The Hall–Kier alpha value is -0.830. The molecule has 1 aromatic heterocycles. The van der Waals surface area contributed by atoms with Crippen molar-refractivity contribution in [1.29, 1.82) is 0 Å². The maximum atomic E-state index is 6.28. The molecule has 1 fully saturated rings. The summed E-state index contributed by atoms with van der Waals surface area (Å²) in [5.74, 6) is 2.26. The van der Waals surface area contributed by atoms with Gasteiger partial charge in [-0.2, -0.15) is 0 Å². The SMILES string of the molecule is CCCCn1cc[n+](CO[C@@H]2C[C@H](C)CC[C@H]2C(C)C)c1. The number of rotatable bonds is 7. The van der Waals surface area contributed by atoms with Gasteiger partial charge in [-0.05, 0) is 37.0 Å². The average Bonchev–Trinajstić information content (AvgIpc) is 2.90. The van der Waals surface area contributed by atoms with E-state index in [-0.39, 0.29) is 0 Å². The van der Waals surface area contributed by atoms with Gasteiger partial charge in [0.1, 0.15) is 12.4 Å². The molecule has 0 spiro atoms. The third kappa shape index (κ3) is 4.84. The fraction of sp³-hybridized carbons (Fsp3) is 0.833. The van der Waals surface area contributed by atoms with Gasteiger partial charge in [0.2, 0.25) is 6.33 Å². The molecule has 3 atom stereocenters. The molecule has 1 aromatic rings. The van der Waals surface area contributed by atoms with Crippen molar-refractivity contribution < 1.29 is 9.30 Å². The number of hydrogen-bond donors (Lipinski definition) is 0. The third-order valence-electron chi connectivity index (χ3n) is 4.92. The van der Waals surface area contributed by atoms with E-state index in [1.165, 1.54) is 32.1 Å². The molecule has 0 N–H and O–H groups in total. The first-order valence-electron chi connectivity index (χ1n) is 8.76. The molecule has 0 aromatic carbocycles. The Bertz CT molecular complexity index is 413. The Morgan fingerprint density at radius 1 is 1.33 bits per heavy atom. The smallest absolute Gasteiger partial charge is 0.245 e. The molecule has 21 heavy (non-hydrogen) atoms. The molecule has 1 aliphatic rings. The van der Waals surface area contributed by atoms with Gasteiger partial charge < -0.3 is 4.74 Å². The van der Waals surface area contributed by atoms with Crippen molar-refractivity contribution in [3.8, 4) is 0 Å². The Morgan fingerprint density at radius 2 is 2.14 bits per heavy atom. The lowest BCUT2D eigenvalue weighted by Crippen LogP contribution is -2.40. The zero-order chi connectivity index (χ0) is 15.2. The van der Waals surface area contributed by atoms with E-state index in [1.54, 1.807) is 0 Å². The molecule has 0 aliphatic heterocycles. The van der Waals surface area contributed by atoms with Gasteiger partial charge in [0.05, 0.1) is 12.6 Å². The lowest BCUT2D eigenvalue weighted by atomic mass is 9.75. The number of unbranched alkanes of at least 4 members (excludes halogenated alkanes) is 1. The standard InChI is InChI=1S/C18H33N2O/c1-5-6-9-19-10-11-20(13-19)14-21-18-12-16(4)7-8-17(18)15(2)3/h10-11,13,15-18H,5-9,12,14H2,1-4H3/q+1/t16-,17+,18-/m1/s1. The van der Waals surface area contributed by atoms with Gasteiger partial charge in [-0.25, -0.2) is 9.13 Å². The molecule has 0 bridgehead atoms. The van der Waals surface area contributed by atoms with Gasteiger partial charge >= 0.3 is 0 Å². The van der Waals surface area contributed by atoms with E-state index in [1.807, 2.05) is 0 Å². The highest BCUT2D eigenvalue weighted by molar-refractivity contribution is 4.80. The molecule has 0 radical (unpaired) electrons. The van der Waals surface area contributed by atoms with Crippen LogP contribution in [0.2, 0.25) is 0 Å². The van der Waals surface area contributed by atoms with Crippen LogP contribution in [0.5, 0.6) is 0 Å². The predicted octanol–water partition coefficient (Wildman–Crippen LogP) is 4.01. The minimum atomic E-state index is 0.431. The predicted molar refractivity (Wildman–Crippen MR) is 85.8 cm³/mol. The van der Waals surface area contributed by atoms with E-state index >= 15 is 0 Å². The van der Waals surface area contributed by atoms with Gasteiger partial charge in [-0.15, -0.1) is 0 Å². The van der Waals surface area contributed by atoms with Crippen LogP contribution in [0.25, 0.3) is 0 Å². The van der Waals surface area contributed by atoms with Crippen molar-refractivity contribution in [1.82, 2.24) is 4.57 Å². The van der Waals surface area contributed by atoms with Crippen LogP contribution in [0.4, 0.5) is 0 Å². The summed E-state index contributed by atoms with van der Waals surface area (Å²) in [6, 6.07) is 0. The molecule has 1 heterocycles. The Balaban J connectivity index is 1.86. The minimum absolute atomic E-state index is 0.431. The van der Waals surface area contributed by atoms with Gasteiger partial charge in [0.25, 0.3) is 0 Å². The summed E-state index contributed by atoms with van der Waals surface area (Å²) >= 11 is 0. The third-order valence-corrected chi connectivity index (χ3v) is 4.92. The van der Waals surface area contributed by atoms with Gasteiger partial charge in [-0.3, -0.25) is 0 Å². The molecule has 2 rings (SSSR count). The van der Waals surface area contributed by atoms with Crippen LogP contribution in [0, 0.1) is 17.8 Å². The first-order chi connectivity index (χ1) is 10.1. The molecule has 3 nitrogen and oxygen atoms in total. The largest absolute Gasteiger partial charge is 0.338 e. The fourth-order valence-electron chi connectivity index (χ4n) is 3.48.